The molecule has 0 saturated heterocycles. The zero-order chi connectivity index (χ0) is 11.6. The van der Waals surface area contributed by atoms with Crippen molar-refractivity contribution in [1.29, 1.82) is 0 Å². The van der Waals surface area contributed by atoms with Crippen LogP contribution in [0, 0.1) is 10.1 Å². The van der Waals surface area contributed by atoms with Gasteiger partial charge in [-0.3, -0.25) is 0 Å². The Morgan fingerprint density at radius 3 is 2.67 bits per heavy atom. The third-order valence-corrected chi connectivity index (χ3v) is 2.40. The van der Waals surface area contributed by atoms with Gasteiger partial charge in [0.05, 0.1) is 0 Å². The average molecular weight is 283 g/mol. The molecular formula is C7H5BrF2N2O3. The first kappa shape index (κ1) is 11.9. The number of aliphatic hydroxyl groups is 1. The van der Waals surface area contributed by atoms with Gasteiger partial charge in [0.1, 0.15) is 11.1 Å². The summed E-state index contributed by atoms with van der Waals surface area (Å²) in [6.07, 6.45) is -2.87. The van der Waals surface area contributed by atoms with Crippen molar-refractivity contribution >= 4 is 21.7 Å². The standard InChI is InChI=1S/C7H5BrF2N2O3/c8-5-4(6(9)10)1-3(2-13)11-7(5)12(14)15/h1,6,13H,2H2. The summed E-state index contributed by atoms with van der Waals surface area (Å²) < 4.78 is 24.5. The van der Waals surface area contributed by atoms with Crippen molar-refractivity contribution in [1.82, 2.24) is 4.98 Å². The number of nitrogens with zero attached hydrogens (tertiary/aromatic N) is 2. The number of halogens is 3. The van der Waals surface area contributed by atoms with E-state index in [4.69, 9.17) is 5.11 Å². The number of hydrogen-bond donors (Lipinski definition) is 1. The van der Waals surface area contributed by atoms with Crippen LogP contribution in [0.1, 0.15) is 17.7 Å². The fourth-order valence-corrected chi connectivity index (χ4v) is 1.47. The number of pyridine rings is 1. The van der Waals surface area contributed by atoms with Crippen molar-refractivity contribution in [2.24, 2.45) is 0 Å². The Kier molecular flexibility index (Phi) is 3.64. The highest BCUT2D eigenvalue weighted by Gasteiger charge is 2.24. The molecule has 1 N–H and O–H groups in total. The molecule has 82 valence electrons. The molecule has 0 bridgehead atoms. The molecule has 5 nitrogen and oxygen atoms in total. The third-order valence-electron chi connectivity index (χ3n) is 1.59. The molecule has 0 unspecified atom stereocenters. The van der Waals surface area contributed by atoms with Gasteiger partial charge in [-0.1, -0.05) is 0 Å². The minimum absolute atomic E-state index is 0.166. The number of hydrogen-bond acceptors (Lipinski definition) is 4. The lowest BCUT2D eigenvalue weighted by molar-refractivity contribution is -0.390. The van der Waals surface area contributed by atoms with Gasteiger partial charge in [-0.15, -0.1) is 0 Å². The van der Waals surface area contributed by atoms with Crippen LogP contribution in [0.5, 0.6) is 0 Å². The summed E-state index contributed by atoms with van der Waals surface area (Å²) in [5, 5.41) is 19.1. The maximum atomic E-state index is 12.4. The Hall–Kier alpha value is -1.15. The highest BCUT2D eigenvalue weighted by molar-refractivity contribution is 9.10. The molecule has 1 heterocycles. The predicted octanol–water partition coefficient (Wildman–Crippen LogP) is 2.18. The largest absolute Gasteiger partial charge is 0.388 e. The van der Waals surface area contributed by atoms with Gasteiger partial charge in [0.25, 0.3) is 6.43 Å². The van der Waals surface area contributed by atoms with Crippen molar-refractivity contribution in [3.05, 3.63) is 31.9 Å². The molecule has 0 saturated carbocycles. The Morgan fingerprint density at radius 1 is 1.67 bits per heavy atom. The monoisotopic (exact) mass is 282 g/mol. The van der Waals surface area contributed by atoms with Crippen LogP contribution in [0.15, 0.2) is 10.5 Å². The number of rotatable bonds is 3. The molecule has 0 aliphatic heterocycles. The van der Waals surface area contributed by atoms with Crippen molar-refractivity contribution in [2.75, 3.05) is 0 Å². The number of aromatic nitrogens is 1. The van der Waals surface area contributed by atoms with Crippen LogP contribution in [-0.2, 0) is 6.61 Å². The molecule has 0 amide bonds. The van der Waals surface area contributed by atoms with E-state index in [9.17, 15) is 18.9 Å². The maximum Gasteiger partial charge on any atom is 0.378 e. The zero-order valence-electron chi connectivity index (χ0n) is 7.15. The Bertz CT molecular complexity index is 400. The van der Waals surface area contributed by atoms with Gasteiger partial charge in [-0.25, -0.2) is 8.78 Å². The van der Waals surface area contributed by atoms with E-state index in [0.29, 0.717) is 0 Å². The van der Waals surface area contributed by atoms with Crippen molar-refractivity contribution in [3.8, 4) is 0 Å². The Balaban J connectivity index is 3.40. The molecule has 1 aromatic rings. The minimum Gasteiger partial charge on any atom is -0.388 e. The van der Waals surface area contributed by atoms with E-state index >= 15 is 0 Å². The molecule has 0 aromatic carbocycles. The number of aliphatic hydroxyl groups excluding tert-OH is 1. The summed E-state index contributed by atoms with van der Waals surface area (Å²) in [5.41, 5.74) is -0.721. The maximum absolute atomic E-state index is 12.4. The first-order valence-corrected chi connectivity index (χ1v) is 4.49. The van der Waals surface area contributed by atoms with Gasteiger partial charge in [-0.05, 0) is 31.9 Å². The van der Waals surface area contributed by atoms with Crippen LogP contribution in [-0.4, -0.2) is 15.0 Å². The van der Waals surface area contributed by atoms with Gasteiger partial charge < -0.3 is 15.2 Å². The van der Waals surface area contributed by atoms with E-state index in [1.165, 1.54) is 0 Å². The lowest BCUT2D eigenvalue weighted by atomic mass is 10.2. The quantitative estimate of drug-likeness (QED) is 0.681. The number of nitro groups is 1. The van der Waals surface area contributed by atoms with Crippen LogP contribution in [0.2, 0.25) is 0 Å². The first-order chi connectivity index (χ1) is 6.97. The molecule has 0 fully saturated rings. The van der Waals surface area contributed by atoms with Crippen LogP contribution in [0.4, 0.5) is 14.6 Å². The number of alkyl halides is 2. The van der Waals surface area contributed by atoms with Gasteiger partial charge >= 0.3 is 5.82 Å². The summed E-state index contributed by atoms with van der Waals surface area (Å²) in [6.45, 7) is -0.631. The van der Waals surface area contributed by atoms with E-state index in [1.54, 1.807) is 0 Å². The molecule has 0 atom stereocenters. The molecule has 15 heavy (non-hydrogen) atoms. The Labute approximate surface area is 91.0 Å². The summed E-state index contributed by atoms with van der Waals surface area (Å²) in [4.78, 5) is 13.0. The summed E-state index contributed by atoms with van der Waals surface area (Å²) in [5.74, 6) is -0.725. The molecule has 0 spiro atoms. The molecular weight excluding hydrogens is 278 g/mol. The normalized spacial score (nSPS) is 10.7. The highest BCUT2D eigenvalue weighted by Crippen LogP contribution is 2.33. The molecule has 0 radical (unpaired) electrons. The van der Waals surface area contributed by atoms with Gasteiger partial charge in [0.2, 0.25) is 0 Å². The van der Waals surface area contributed by atoms with E-state index in [-0.39, 0.29) is 10.2 Å². The Morgan fingerprint density at radius 2 is 2.27 bits per heavy atom. The summed E-state index contributed by atoms with van der Waals surface area (Å²) in [7, 11) is 0. The molecule has 0 aliphatic rings. The van der Waals surface area contributed by atoms with Gasteiger partial charge in [0.15, 0.2) is 5.69 Å². The van der Waals surface area contributed by atoms with Crippen molar-refractivity contribution in [2.45, 2.75) is 13.0 Å². The van der Waals surface area contributed by atoms with Gasteiger partial charge in [-0.2, -0.15) is 0 Å². The predicted molar refractivity (Wildman–Crippen MR) is 49.5 cm³/mol. The topological polar surface area (TPSA) is 76.3 Å². The average Bonchev–Trinajstić information content (AvgIpc) is 2.17. The van der Waals surface area contributed by atoms with Crippen LogP contribution >= 0.6 is 15.9 Å². The molecule has 8 heteroatoms. The van der Waals surface area contributed by atoms with Crippen molar-refractivity contribution in [3.63, 3.8) is 0 Å². The zero-order valence-corrected chi connectivity index (χ0v) is 8.74. The lowest BCUT2D eigenvalue weighted by Gasteiger charge is -2.04. The molecule has 0 aliphatic carbocycles. The first-order valence-electron chi connectivity index (χ1n) is 3.70. The van der Waals surface area contributed by atoms with E-state index in [2.05, 4.69) is 20.9 Å². The third kappa shape index (κ3) is 2.45. The molecule has 1 aromatic heterocycles. The summed E-state index contributed by atoms with van der Waals surface area (Å²) >= 11 is 2.68. The van der Waals surface area contributed by atoms with Crippen LogP contribution in [0.25, 0.3) is 0 Å². The highest BCUT2D eigenvalue weighted by atomic mass is 79.9. The minimum atomic E-state index is -2.87. The van der Waals surface area contributed by atoms with E-state index < -0.39 is 29.3 Å². The van der Waals surface area contributed by atoms with Crippen LogP contribution in [0.3, 0.4) is 0 Å². The second kappa shape index (κ2) is 4.58. The van der Waals surface area contributed by atoms with Crippen LogP contribution < -0.4 is 0 Å². The van der Waals surface area contributed by atoms with Gasteiger partial charge in [0, 0.05) is 5.56 Å². The smallest absolute Gasteiger partial charge is 0.378 e. The second-order valence-electron chi connectivity index (χ2n) is 2.56. The molecule has 1 rings (SSSR count). The fourth-order valence-electron chi connectivity index (χ4n) is 0.950. The lowest BCUT2D eigenvalue weighted by Crippen LogP contribution is -2.02. The SMILES string of the molecule is O=[N+]([O-])c1nc(CO)cc(C(F)F)c1Br. The van der Waals surface area contributed by atoms with E-state index in [1.807, 2.05) is 0 Å². The van der Waals surface area contributed by atoms with Crippen molar-refractivity contribution < 1.29 is 18.8 Å². The van der Waals surface area contributed by atoms with E-state index in [0.717, 1.165) is 6.07 Å². The second-order valence-corrected chi connectivity index (χ2v) is 3.35. The summed E-state index contributed by atoms with van der Waals surface area (Å²) in [6, 6.07) is 0.918. The fraction of sp³-hybridized carbons (Fsp3) is 0.286.